The minimum absolute atomic E-state index is 0.0305. The molecule has 7 nitrogen and oxygen atoms in total. The van der Waals surface area contributed by atoms with E-state index in [1.165, 1.54) is 37.7 Å². The van der Waals surface area contributed by atoms with Crippen molar-refractivity contribution < 1.29 is 13.2 Å². The Morgan fingerprint density at radius 3 is 2.24 bits per heavy atom. The number of hydrogen-bond acceptors (Lipinski definition) is 4. The van der Waals surface area contributed by atoms with Crippen LogP contribution in [0.1, 0.15) is 44.9 Å². The predicted molar refractivity (Wildman–Crippen MR) is 116 cm³/mol. The first-order chi connectivity index (χ1) is 13.9. The van der Waals surface area contributed by atoms with Gasteiger partial charge in [0.2, 0.25) is 10.0 Å². The lowest BCUT2D eigenvalue weighted by atomic mass is 9.95. The molecule has 1 saturated carbocycles. The first kappa shape index (κ1) is 21.9. The van der Waals surface area contributed by atoms with E-state index in [2.05, 4.69) is 15.5 Å². The minimum Gasteiger partial charge on any atom is -0.372 e. The number of nitrogens with zero attached hydrogens (tertiary/aromatic N) is 2. The molecular weight excluding hydrogens is 388 g/mol. The number of sulfonamides is 1. The minimum atomic E-state index is -3.39. The van der Waals surface area contributed by atoms with Crippen LogP contribution < -0.4 is 15.5 Å². The molecule has 1 heterocycles. The first-order valence-corrected chi connectivity index (χ1v) is 12.1. The molecule has 1 aliphatic heterocycles. The zero-order valence-corrected chi connectivity index (χ0v) is 18.4. The maximum atomic E-state index is 12.2. The Morgan fingerprint density at radius 1 is 1.03 bits per heavy atom. The van der Waals surface area contributed by atoms with Crippen molar-refractivity contribution in [3.05, 3.63) is 24.3 Å². The monoisotopic (exact) mass is 422 g/mol. The van der Waals surface area contributed by atoms with Crippen LogP contribution in [-0.2, 0) is 10.0 Å². The first-order valence-electron chi connectivity index (χ1n) is 10.7. The van der Waals surface area contributed by atoms with Crippen LogP contribution in [-0.4, -0.2) is 58.5 Å². The Bertz CT molecular complexity index is 766. The zero-order chi connectivity index (χ0) is 20.9. The van der Waals surface area contributed by atoms with Crippen molar-refractivity contribution in [1.82, 2.24) is 14.9 Å². The molecule has 2 N–H and O–H groups in total. The van der Waals surface area contributed by atoms with E-state index in [0.717, 1.165) is 44.5 Å². The number of benzene rings is 1. The summed E-state index contributed by atoms with van der Waals surface area (Å²) in [6, 6.07) is 7.42. The second-order valence-corrected chi connectivity index (χ2v) is 10.6. The Morgan fingerprint density at radius 2 is 1.66 bits per heavy atom. The van der Waals surface area contributed by atoms with Crippen molar-refractivity contribution in [2.45, 2.75) is 55.9 Å². The van der Waals surface area contributed by atoms with Crippen molar-refractivity contribution in [2.24, 2.45) is 5.92 Å². The highest BCUT2D eigenvalue weighted by molar-refractivity contribution is 7.89. The Labute approximate surface area is 174 Å². The highest BCUT2D eigenvalue weighted by atomic mass is 32.2. The van der Waals surface area contributed by atoms with E-state index in [1.54, 1.807) is 12.1 Å². The fourth-order valence-electron chi connectivity index (χ4n) is 4.16. The highest BCUT2D eigenvalue weighted by Crippen LogP contribution is 2.25. The maximum absolute atomic E-state index is 12.2. The van der Waals surface area contributed by atoms with E-state index in [9.17, 15) is 13.2 Å². The van der Waals surface area contributed by atoms with Crippen LogP contribution >= 0.6 is 0 Å². The van der Waals surface area contributed by atoms with Gasteiger partial charge in [-0.25, -0.2) is 17.5 Å². The zero-order valence-electron chi connectivity index (χ0n) is 17.6. The lowest BCUT2D eigenvalue weighted by Crippen LogP contribution is -2.45. The van der Waals surface area contributed by atoms with Crippen LogP contribution in [0.2, 0.25) is 0 Å². The lowest BCUT2D eigenvalue weighted by Gasteiger charge is -2.34. The molecule has 1 aromatic carbocycles. The average molecular weight is 423 g/mol. The molecule has 29 heavy (non-hydrogen) atoms. The van der Waals surface area contributed by atoms with Gasteiger partial charge in [-0.05, 0) is 55.9 Å². The third-order valence-corrected chi connectivity index (χ3v) is 7.92. The summed E-state index contributed by atoms with van der Waals surface area (Å²) >= 11 is 0. The van der Waals surface area contributed by atoms with E-state index < -0.39 is 10.0 Å². The molecule has 0 radical (unpaired) electrons. The number of piperidine rings is 1. The van der Waals surface area contributed by atoms with Gasteiger partial charge in [-0.15, -0.1) is 0 Å². The van der Waals surface area contributed by atoms with Crippen molar-refractivity contribution in [2.75, 3.05) is 38.6 Å². The molecule has 1 aromatic rings. The fraction of sp³-hybridized carbons (Fsp3) is 0.667. The second kappa shape index (κ2) is 9.80. The van der Waals surface area contributed by atoms with Gasteiger partial charge in [-0.3, -0.25) is 0 Å². The summed E-state index contributed by atoms with van der Waals surface area (Å²) in [5.41, 5.74) is 1.05. The molecule has 2 fully saturated rings. The van der Waals surface area contributed by atoms with Gasteiger partial charge in [0.25, 0.3) is 0 Å². The normalized spacial score (nSPS) is 19.3. The van der Waals surface area contributed by atoms with Crippen LogP contribution in [0.15, 0.2) is 29.2 Å². The van der Waals surface area contributed by atoms with Crippen LogP contribution in [0.25, 0.3) is 0 Å². The van der Waals surface area contributed by atoms with Gasteiger partial charge in [0.05, 0.1) is 4.90 Å². The molecule has 1 saturated heterocycles. The summed E-state index contributed by atoms with van der Waals surface area (Å²) in [4.78, 5) is 14.7. The Balaban J connectivity index is 1.42. The molecule has 162 valence electrons. The number of rotatable bonds is 6. The largest absolute Gasteiger partial charge is 0.372 e. The van der Waals surface area contributed by atoms with E-state index in [-0.39, 0.29) is 6.03 Å². The van der Waals surface area contributed by atoms with Crippen molar-refractivity contribution in [3.8, 4) is 0 Å². The van der Waals surface area contributed by atoms with Crippen LogP contribution in [0.4, 0.5) is 10.5 Å². The molecule has 8 heteroatoms. The third kappa shape index (κ3) is 5.85. The summed E-state index contributed by atoms with van der Waals surface area (Å²) in [5.74, 6) is 0.483. The number of urea groups is 1. The molecule has 2 aliphatic rings. The topological polar surface area (TPSA) is 81.8 Å². The van der Waals surface area contributed by atoms with Gasteiger partial charge in [0, 0.05) is 45.5 Å². The molecule has 3 rings (SSSR count). The van der Waals surface area contributed by atoms with Crippen molar-refractivity contribution >= 4 is 21.7 Å². The number of anilines is 1. The van der Waals surface area contributed by atoms with Gasteiger partial charge in [-0.2, -0.15) is 0 Å². The van der Waals surface area contributed by atoms with Gasteiger partial charge in [-0.1, -0.05) is 19.3 Å². The fourth-order valence-corrected chi connectivity index (χ4v) is 5.06. The molecule has 2 amide bonds. The van der Waals surface area contributed by atoms with Gasteiger partial charge in [0.15, 0.2) is 0 Å². The molecular formula is C21H34N4O3S. The van der Waals surface area contributed by atoms with E-state index in [1.807, 2.05) is 12.1 Å². The summed E-state index contributed by atoms with van der Waals surface area (Å²) in [6.07, 6.45) is 7.94. The smallest absolute Gasteiger partial charge is 0.315 e. The van der Waals surface area contributed by atoms with Gasteiger partial charge in [0.1, 0.15) is 0 Å². The van der Waals surface area contributed by atoms with E-state index in [0.29, 0.717) is 23.4 Å². The van der Waals surface area contributed by atoms with Crippen molar-refractivity contribution in [1.29, 1.82) is 0 Å². The number of carbonyl (C=O) groups excluding carboxylic acids is 1. The quantitative estimate of drug-likeness (QED) is 0.739. The molecule has 1 aliphatic carbocycles. The second-order valence-electron chi connectivity index (χ2n) is 8.40. The summed E-state index contributed by atoms with van der Waals surface area (Å²) in [5, 5.41) is 6.15. The number of hydrogen-bond donors (Lipinski definition) is 2. The number of nitrogens with one attached hydrogen (secondary N) is 2. The molecule has 0 spiro atoms. The summed E-state index contributed by atoms with van der Waals surface area (Å²) < 4.78 is 25.6. The van der Waals surface area contributed by atoms with Crippen molar-refractivity contribution in [3.63, 3.8) is 0 Å². The molecule has 0 atom stereocenters. The van der Waals surface area contributed by atoms with Crippen LogP contribution in [0.5, 0.6) is 0 Å². The summed E-state index contributed by atoms with van der Waals surface area (Å²) in [7, 11) is -0.313. The van der Waals surface area contributed by atoms with E-state index >= 15 is 0 Å². The molecule has 0 aromatic heterocycles. The van der Waals surface area contributed by atoms with Crippen LogP contribution in [0.3, 0.4) is 0 Å². The maximum Gasteiger partial charge on any atom is 0.315 e. The Hall–Kier alpha value is -1.80. The predicted octanol–water partition coefficient (Wildman–Crippen LogP) is 2.79. The number of amides is 2. The third-order valence-electron chi connectivity index (χ3n) is 6.09. The highest BCUT2D eigenvalue weighted by Gasteiger charge is 2.22. The lowest BCUT2D eigenvalue weighted by molar-refractivity contribution is 0.229. The van der Waals surface area contributed by atoms with Gasteiger partial charge < -0.3 is 15.5 Å². The Kier molecular flexibility index (Phi) is 7.40. The van der Waals surface area contributed by atoms with Crippen LogP contribution in [0, 0.1) is 5.92 Å². The average Bonchev–Trinajstić information content (AvgIpc) is 2.73. The number of carbonyl (C=O) groups is 1. The molecule has 0 bridgehead atoms. The van der Waals surface area contributed by atoms with Gasteiger partial charge >= 0.3 is 6.03 Å². The SMILES string of the molecule is CN(C)S(=O)(=O)c1ccc(N2CCC(CNC(=O)NC3CCCCC3)CC2)cc1. The summed E-state index contributed by atoms with van der Waals surface area (Å²) in [6.45, 7) is 2.54. The molecule has 0 unspecified atom stereocenters. The van der Waals surface area contributed by atoms with E-state index in [4.69, 9.17) is 0 Å². The standard InChI is InChI=1S/C21H34N4O3S/c1-24(2)29(27,28)20-10-8-19(9-11-20)25-14-12-17(13-15-25)16-22-21(26)23-18-6-4-3-5-7-18/h8-11,17-18H,3-7,12-16H2,1-2H3,(H2,22,23,26).